The average molecular weight is 422 g/mol. The number of hydrogen-bond donors (Lipinski definition) is 0. The second-order valence-electron chi connectivity index (χ2n) is 9.74. The summed E-state index contributed by atoms with van der Waals surface area (Å²) in [5, 5.41) is 5.46. The number of hydrogen-bond acceptors (Lipinski definition) is 0. The van der Waals surface area contributed by atoms with Crippen molar-refractivity contribution in [2.75, 3.05) is 0 Å². The molecule has 1 saturated carbocycles. The lowest BCUT2D eigenvalue weighted by molar-refractivity contribution is -0.643. The minimum atomic E-state index is -0.127. The van der Waals surface area contributed by atoms with E-state index in [4.69, 9.17) is 0 Å². The maximum atomic E-state index is 15.4. The van der Waals surface area contributed by atoms with E-state index in [1.807, 2.05) is 13.0 Å². The Morgan fingerprint density at radius 3 is 2.56 bits per heavy atom. The zero-order valence-corrected chi connectivity index (χ0v) is 18.6. The average Bonchev–Trinajstić information content (AvgIpc) is 3.16. The molecule has 0 N–H and O–H groups in total. The maximum Gasteiger partial charge on any atom is 0.224 e. The van der Waals surface area contributed by atoms with Crippen molar-refractivity contribution in [3.05, 3.63) is 71.7 Å². The van der Waals surface area contributed by atoms with Gasteiger partial charge in [-0.1, -0.05) is 43.5 Å². The third kappa shape index (κ3) is 2.26. The van der Waals surface area contributed by atoms with Gasteiger partial charge in [-0.2, -0.15) is 0 Å². The second kappa shape index (κ2) is 6.41. The highest BCUT2D eigenvalue weighted by Crippen LogP contribution is 2.43. The largest absolute Gasteiger partial charge is 0.307 e. The molecule has 0 unspecified atom stereocenters. The predicted octanol–water partition coefficient (Wildman–Crippen LogP) is 7.31. The molecule has 32 heavy (non-hydrogen) atoms. The van der Waals surface area contributed by atoms with Gasteiger partial charge in [-0.15, -0.1) is 0 Å². The minimum Gasteiger partial charge on any atom is -0.307 e. The summed E-state index contributed by atoms with van der Waals surface area (Å²) in [4.78, 5) is 0. The Labute approximate surface area is 186 Å². The Balaban J connectivity index is 1.80. The number of para-hydroxylation sites is 1. The van der Waals surface area contributed by atoms with E-state index in [1.54, 1.807) is 6.07 Å². The van der Waals surface area contributed by atoms with Crippen LogP contribution >= 0.6 is 0 Å². The molecule has 3 aromatic carbocycles. The van der Waals surface area contributed by atoms with Gasteiger partial charge in [0.2, 0.25) is 5.52 Å². The summed E-state index contributed by atoms with van der Waals surface area (Å²) in [6, 6.07) is 17.1. The number of aromatic nitrogens is 2. The van der Waals surface area contributed by atoms with Gasteiger partial charge in [-0.25, -0.2) is 8.96 Å². The number of pyridine rings is 2. The monoisotopic (exact) mass is 421 g/mol. The highest BCUT2D eigenvalue weighted by atomic mass is 19.1. The first kappa shape index (κ1) is 18.4. The molecular weight excluding hydrogens is 395 g/mol. The Morgan fingerprint density at radius 2 is 1.72 bits per heavy atom. The van der Waals surface area contributed by atoms with E-state index in [9.17, 15) is 0 Å². The fourth-order valence-corrected chi connectivity index (χ4v) is 6.44. The van der Waals surface area contributed by atoms with Crippen molar-refractivity contribution in [2.45, 2.75) is 44.9 Å². The maximum absolute atomic E-state index is 15.4. The number of nitrogens with zero attached hydrogens (tertiary/aromatic N) is 2. The standard InChI is InChI=1S/C29H26FN2/c1-17-14-22(30)27-21-10-6-7-11-23(21)32-24-16-20(18-8-4-3-5-9-18)15-19-12-13-31(2)28(26(19)24)25(17)29(27)32/h6-7,10-16,18H,3-5,8-9H2,1-2H3/q+1. The topological polar surface area (TPSA) is 8.29 Å². The van der Waals surface area contributed by atoms with Crippen molar-refractivity contribution >= 4 is 49.0 Å². The predicted molar refractivity (Wildman–Crippen MR) is 130 cm³/mol. The fraction of sp³-hybridized carbons (Fsp3) is 0.276. The van der Waals surface area contributed by atoms with E-state index in [-0.39, 0.29) is 5.82 Å². The molecule has 158 valence electrons. The SMILES string of the molecule is Cc1cc(F)c2c3ccccc3n3c4cc(C5CCCCC5)cc5cc[n+](C)c(c1c23)c54. The fourth-order valence-electron chi connectivity index (χ4n) is 6.44. The third-order valence-corrected chi connectivity index (χ3v) is 7.88. The molecular formula is C29H26FN2+. The lowest BCUT2D eigenvalue weighted by Gasteiger charge is -2.23. The first-order valence-electron chi connectivity index (χ1n) is 11.8. The van der Waals surface area contributed by atoms with Crippen molar-refractivity contribution in [2.24, 2.45) is 7.05 Å². The summed E-state index contributed by atoms with van der Waals surface area (Å²) in [6.45, 7) is 2.04. The molecule has 0 atom stereocenters. The van der Waals surface area contributed by atoms with Crippen LogP contribution in [0.5, 0.6) is 0 Å². The molecule has 3 aromatic heterocycles. The molecule has 0 spiro atoms. The van der Waals surface area contributed by atoms with Gasteiger partial charge in [0.15, 0.2) is 6.20 Å². The zero-order chi connectivity index (χ0) is 21.6. The van der Waals surface area contributed by atoms with Crippen molar-refractivity contribution in [1.82, 2.24) is 4.40 Å². The Hall–Kier alpha value is -3.20. The van der Waals surface area contributed by atoms with E-state index >= 15 is 4.39 Å². The molecule has 1 aliphatic rings. The van der Waals surface area contributed by atoms with Gasteiger partial charge in [-0.3, -0.25) is 0 Å². The summed E-state index contributed by atoms with van der Waals surface area (Å²) >= 11 is 0. The molecule has 0 saturated heterocycles. The second-order valence-corrected chi connectivity index (χ2v) is 9.74. The van der Waals surface area contributed by atoms with Crippen molar-refractivity contribution < 1.29 is 8.96 Å². The number of rotatable bonds is 1. The zero-order valence-electron chi connectivity index (χ0n) is 18.6. The van der Waals surface area contributed by atoms with Crippen LogP contribution in [0.1, 0.15) is 49.1 Å². The van der Waals surface area contributed by atoms with Gasteiger partial charge in [-0.05, 0) is 60.4 Å². The van der Waals surface area contributed by atoms with Crippen LogP contribution in [0.3, 0.4) is 0 Å². The molecule has 0 amide bonds. The Morgan fingerprint density at radius 1 is 0.906 bits per heavy atom. The number of fused-ring (bicyclic) bond motifs is 5. The van der Waals surface area contributed by atoms with Crippen LogP contribution in [0, 0.1) is 12.7 Å². The molecule has 2 nitrogen and oxygen atoms in total. The first-order chi connectivity index (χ1) is 15.6. The number of halogens is 1. The normalized spacial score (nSPS) is 15.8. The van der Waals surface area contributed by atoms with Gasteiger partial charge < -0.3 is 4.40 Å². The molecule has 0 radical (unpaired) electrons. The third-order valence-electron chi connectivity index (χ3n) is 7.88. The summed E-state index contributed by atoms with van der Waals surface area (Å²) in [6.07, 6.45) is 8.69. The Kier molecular flexibility index (Phi) is 3.68. The molecule has 0 aliphatic heterocycles. The molecule has 1 aliphatic carbocycles. The molecule has 3 heteroatoms. The van der Waals surface area contributed by atoms with Crippen LogP contribution in [0.2, 0.25) is 0 Å². The number of aryl methyl sites for hydroxylation is 2. The summed E-state index contributed by atoms with van der Waals surface area (Å²) in [5.41, 5.74) is 6.94. The van der Waals surface area contributed by atoms with Gasteiger partial charge in [0.05, 0.1) is 27.3 Å². The van der Waals surface area contributed by atoms with Crippen molar-refractivity contribution in [1.29, 1.82) is 0 Å². The minimum absolute atomic E-state index is 0.127. The van der Waals surface area contributed by atoms with Crippen LogP contribution in [0.4, 0.5) is 4.39 Å². The summed E-state index contributed by atoms with van der Waals surface area (Å²) in [5.74, 6) is 0.493. The van der Waals surface area contributed by atoms with Gasteiger partial charge in [0, 0.05) is 16.8 Å². The lowest BCUT2D eigenvalue weighted by atomic mass is 9.83. The van der Waals surface area contributed by atoms with E-state index in [0.29, 0.717) is 5.92 Å². The highest BCUT2D eigenvalue weighted by Gasteiger charge is 2.27. The van der Waals surface area contributed by atoms with Crippen LogP contribution in [-0.4, -0.2) is 4.40 Å². The highest BCUT2D eigenvalue weighted by molar-refractivity contribution is 6.25. The lowest BCUT2D eigenvalue weighted by Crippen LogP contribution is -2.29. The molecule has 1 fully saturated rings. The summed E-state index contributed by atoms with van der Waals surface area (Å²) < 4.78 is 20.0. The van der Waals surface area contributed by atoms with Crippen LogP contribution in [0.15, 0.2) is 54.7 Å². The van der Waals surface area contributed by atoms with Crippen molar-refractivity contribution in [3.8, 4) is 0 Å². The van der Waals surface area contributed by atoms with Crippen LogP contribution in [0.25, 0.3) is 49.0 Å². The van der Waals surface area contributed by atoms with Crippen LogP contribution < -0.4 is 4.57 Å². The molecule has 6 aromatic rings. The van der Waals surface area contributed by atoms with Crippen molar-refractivity contribution in [3.63, 3.8) is 0 Å². The van der Waals surface area contributed by atoms with Gasteiger partial charge >= 0.3 is 0 Å². The molecule has 0 bridgehead atoms. The van der Waals surface area contributed by atoms with E-state index in [1.165, 1.54) is 59.5 Å². The Bertz CT molecular complexity index is 1690. The summed E-state index contributed by atoms with van der Waals surface area (Å²) in [7, 11) is 2.11. The molecule has 3 heterocycles. The van der Waals surface area contributed by atoms with E-state index in [2.05, 4.69) is 58.6 Å². The van der Waals surface area contributed by atoms with Crippen LogP contribution in [-0.2, 0) is 7.05 Å². The quantitative estimate of drug-likeness (QED) is 0.149. The van der Waals surface area contributed by atoms with E-state index < -0.39 is 0 Å². The van der Waals surface area contributed by atoms with Gasteiger partial charge in [0.25, 0.3) is 0 Å². The first-order valence-corrected chi connectivity index (χ1v) is 11.8. The van der Waals surface area contributed by atoms with E-state index in [0.717, 1.165) is 32.8 Å². The smallest absolute Gasteiger partial charge is 0.224 e. The number of benzene rings is 3. The van der Waals surface area contributed by atoms with Gasteiger partial charge in [0.1, 0.15) is 12.9 Å². The molecule has 7 rings (SSSR count).